The summed E-state index contributed by atoms with van der Waals surface area (Å²) in [6.45, 7) is 5.20. The molecule has 28 heavy (non-hydrogen) atoms. The zero-order chi connectivity index (χ0) is 20.5. The van der Waals surface area contributed by atoms with Crippen LogP contribution < -0.4 is 9.88 Å². The lowest BCUT2D eigenvalue weighted by Gasteiger charge is -2.19. The van der Waals surface area contributed by atoms with E-state index < -0.39 is 11.2 Å². The van der Waals surface area contributed by atoms with Crippen LogP contribution in [0.5, 0.6) is 0 Å². The average molecular weight is 400 g/mol. The van der Waals surface area contributed by atoms with Crippen LogP contribution in [0.1, 0.15) is 37.9 Å². The van der Waals surface area contributed by atoms with Gasteiger partial charge in [-0.15, -0.1) is 0 Å². The first-order valence-electron chi connectivity index (χ1n) is 8.88. The Morgan fingerprint density at radius 1 is 1.39 bits per heavy atom. The number of nitrogens with zero attached hydrogens (tertiary/aromatic N) is 2. The van der Waals surface area contributed by atoms with Crippen LogP contribution in [-0.2, 0) is 16.8 Å². The molecule has 5 nitrogen and oxygen atoms in total. The highest BCUT2D eigenvalue weighted by molar-refractivity contribution is 6.34. The molecule has 1 amide bonds. The minimum Gasteiger partial charge on any atom is -0.346 e. The van der Waals surface area contributed by atoms with Crippen molar-refractivity contribution in [3.8, 4) is 6.07 Å². The molecule has 0 spiro atoms. The summed E-state index contributed by atoms with van der Waals surface area (Å²) in [6, 6.07) is 11.9. The van der Waals surface area contributed by atoms with E-state index in [1.807, 2.05) is 12.1 Å². The summed E-state index contributed by atoms with van der Waals surface area (Å²) in [6.07, 6.45) is 1.69. The van der Waals surface area contributed by atoms with E-state index in [9.17, 15) is 14.4 Å². The predicted octanol–water partition coefficient (Wildman–Crippen LogP) is 3.93. The van der Waals surface area contributed by atoms with E-state index >= 15 is 0 Å². The molecule has 144 valence electrons. The van der Waals surface area contributed by atoms with Gasteiger partial charge in [0.05, 0.1) is 22.5 Å². The highest BCUT2D eigenvalue weighted by atomic mass is 35.5. The van der Waals surface area contributed by atoms with E-state index in [4.69, 9.17) is 11.6 Å². The molecule has 0 saturated carbocycles. The molecule has 7 heteroatoms. The molecule has 1 aromatic heterocycles. The molecule has 1 atom stereocenters. The smallest absolute Gasteiger partial charge is 0.262 e. The number of H-pyrrole nitrogens is 1. The summed E-state index contributed by atoms with van der Waals surface area (Å²) in [4.78, 5) is 15.6. The summed E-state index contributed by atoms with van der Waals surface area (Å²) < 4.78 is 16.2. The number of aromatic nitrogens is 2. The van der Waals surface area contributed by atoms with Crippen LogP contribution in [0.3, 0.4) is 0 Å². The molecule has 3 aromatic rings. The van der Waals surface area contributed by atoms with Crippen LogP contribution in [0.15, 0.2) is 42.7 Å². The van der Waals surface area contributed by atoms with Crippen molar-refractivity contribution in [2.24, 2.45) is 0 Å². The first-order valence-corrected chi connectivity index (χ1v) is 9.26. The Morgan fingerprint density at radius 2 is 2.14 bits per heavy atom. The number of fused-ring (bicyclic) bond motifs is 1. The number of para-hydroxylation sites is 1. The molecule has 0 aliphatic heterocycles. The van der Waals surface area contributed by atoms with Crippen LogP contribution in [0.25, 0.3) is 11.0 Å². The minimum absolute atomic E-state index is 0.0795. The number of amides is 1. The Hall–Kier alpha value is -2.91. The van der Waals surface area contributed by atoms with Crippen LogP contribution in [-0.4, -0.2) is 10.9 Å². The maximum Gasteiger partial charge on any atom is 0.262 e. The van der Waals surface area contributed by atoms with Gasteiger partial charge in [0, 0.05) is 5.56 Å². The lowest BCUT2D eigenvalue weighted by Crippen LogP contribution is -2.42. The fourth-order valence-corrected chi connectivity index (χ4v) is 3.44. The number of imidazole rings is 1. The van der Waals surface area contributed by atoms with Crippen molar-refractivity contribution in [3.05, 3.63) is 64.7 Å². The third-order valence-corrected chi connectivity index (χ3v) is 5.09. The Balaban J connectivity index is 1.74. The van der Waals surface area contributed by atoms with Gasteiger partial charge in [0.2, 0.25) is 6.33 Å². The Morgan fingerprint density at radius 3 is 2.82 bits per heavy atom. The number of carbonyl (C=O) groups is 1. The number of nitriles is 1. The first-order chi connectivity index (χ1) is 13.2. The SMILES string of the molecule is CC(NC(=O)C[n+]1c[nH]c2cccc(Cl)c21)c1ccc(C(C)(C)C#N)c(F)c1. The number of hydrogen-bond donors (Lipinski definition) is 2. The largest absolute Gasteiger partial charge is 0.346 e. The van der Waals surface area contributed by atoms with Gasteiger partial charge in [-0.1, -0.05) is 29.8 Å². The van der Waals surface area contributed by atoms with Crippen molar-refractivity contribution in [1.82, 2.24) is 10.3 Å². The van der Waals surface area contributed by atoms with Crippen LogP contribution in [0.2, 0.25) is 5.02 Å². The Bertz CT molecular complexity index is 1080. The molecule has 1 heterocycles. The number of carbonyl (C=O) groups excluding carboxylic acids is 1. The van der Waals surface area contributed by atoms with E-state index in [1.54, 1.807) is 49.9 Å². The topological polar surface area (TPSA) is 72.6 Å². The van der Waals surface area contributed by atoms with E-state index in [1.165, 1.54) is 6.07 Å². The number of hydrogen-bond acceptors (Lipinski definition) is 2. The molecule has 0 aliphatic carbocycles. The molecule has 2 aromatic carbocycles. The van der Waals surface area contributed by atoms with Crippen LogP contribution >= 0.6 is 11.6 Å². The number of nitrogens with one attached hydrogen (secondary N) is 2. The van der Waals surface area contributed by atoms with Gasteiger partial charge in [-0.05, 0) is 44.5 Å². The van der Waals surface area contributed by atoms with Crippen molar-refractivity contribution in [2.75, 3.05) is 0 Å². The second-order valence-electron chi connectivity index (χ2n) is 7.30. The van der Waals surface area contributed by atoms with Crippen molar-refractivity contribution in [1.29, 1.82) is 5.26 Å². The van der Waals surface area contributed by atoms with Gasteiger partial charge in [0.25, 0.3) is 5.91 Å². The quantitative estimate of drug-likeness (QED) is 0.638. The second-order valence-corrected chi connectivity index (χ2v) is 7.71. The monoisotopic (exact) mass is 399 g/mol. The summed E-state index contributed by atoms with van der Waals surface area (Å²) in [5, 5.41) is 12.6. The summed E-state index contributed by atoms with van der Waals surface area (Å²) in [7, 11) is 0. The number of rotatable bonds is 5. The Labute approximate surface area is 167 Å². The molecule has 0 fully saturated rings. The third kappa shape index (κ3) is 3.85. The highest BCUT2D eigenvalue weighted by Gasteiger charge is 2.25. The highest BCUT2D eigenvalue weighted by Crippen LogP contribution is 2.27. The molecule has 0 bridgehead atoms. The maximum atomic E-state index is 14.5. The summed E-state index contributed by atoms with van der Waals surface area (Å²) in [5.74, 6) is -0.678. The lowest BCUT2D eigenvalue weighted by atomic mass is 9.85. The number of aromatic amines is 1. The van der Waals surface area contributed by atoms with Crippen molar-refractivity contribution in [2.45, 2.75) is 38.8 Å². The van der Waals surface area contributed by atoms with Crippen LogP contribution in [0.4, 0.5) is 4.39 Å². The molecule has 1 unspecified atom stereocenters. The lowest BCUT2D eigenvalue weighted by molar-refractivity contribution is -0.658. The van der Waals surface area contributed by atoms with E-state index in [0.29, 0.717) is 16.1 Å². The normalized spacial score (nSPS) is 12.6. The van der Waals surface area contributed by atoms with Gasteiger partial charge in [-0.3, -0.25) is 4.79 Å². The molecule has 0 saturated heterocycles. The van der Waals surface area contributed by atoms with Gasteiger partial charge in [0.1, 0.15) is 5.82 Å². The molecule has 2 N–H and O–H groups in total. The van der Waals surface area contributed by atoms with Gasteiger partial charge in [0.15, 0.2) is 17.6 Å². The van der Waals surface area contributed by atoms with Crippen LogP contribution in [0, 0.1) is 17.1 Å². The molecule has 0 aliphatic rings. The van der Waals surface area contributed by atoms with Gasteiger partial charge in [-0.25, -0.2) is 13.9 Å². The van der Waals surface area contributed by atoms with E-state index in [0.717, 1.165) is 11.0 Å². The zero-order valence-corrected chi connectivity index (χ0v) is 16.6. The maximum absolute atomic E-state index is 14.5. The number of halogens is 2. The number of benzene rings is 2. The van der Waals surface area contributed by atoms with E-state index in [2.05, 4.69) is 16.4 Å². The van der Waals surface area contributed by atoms with Crippen molar-refractivity contribution in [3.63, 3.8) is 0 Å². The predicted molar refractivity (Wildman–Crippen MR) is 105 cm³/mol. The summed E-state index contributed by atoms with van der Waals surface area (Å²) in [5.41, 5.74) is 1.64. The third-order valence-electron chi connectivity index (χ3n) is 4.79. The molecule has 3 rings (SSSR count). The summed E-state index contributed by atoms with van der Waals surface area (Å²) >= 11 is 6.23. The molecular weight excluding hydrogens is 379 g/mol. The van der Waals surface area contributed by atoms with E-state index in [-0.39, 0.29) is 18.5 Å². The standard InChI is InChI=1S/C21H20ClFN4O/c1-13(14-7-8-15(17(23)9-14)21(2,3)11-24)26-19(28)10-27-12-25-18-6-4-5-16(22)20(18)27/h4-9,12-13H,10H2,1-3H3,(H,26,28)/p+1. The zero-order valence-electron chi connectivity index (χ0n) is 15.9. The first kappa shape index (κ1) is 19.8. The fourth-order valence-electron chi connectivity index (χ4n) is 3.15. The Kier molecular flexibility index (Phi) is 5.39. The average Bonchev–Trinajstić information content (AvgIpc) is 3.05. The molecule has 0 radical (unpaired) electrons. The fraction of sp³-hybridized carbons (Fsp3) is 0.286. The second kappa shape index (κ2) is 7.61. The minimum atomic E-state index is -0.916. The van der Waals surface area contributed by atoms with Gasteiger partial charge < -0.3 is 5.32 Å². The van der Waals surface area contributed by atoms with Gasteiger partial charge in [-0.2, -0.15) is 5.26 Å². The van der Waals surface area contributed by atoms with Gasteiger partial charge >= 0.3 is 0 Å². The van der Waals surface area contributed by atoms with Crippen molar-refractivity contribution >= 4 is 28.5 Å². The molecular formula is C21H21ClFN4O+. The van der Waals surface area contributed by atoms with Crippen molar-refractivity contribution < 1.29 is 13.8 Å².